The molecule has 96 valence electrons. The molecule has 1 N–H and O–H groups in total. The number of alkyl halides is 1. The van der Waals surface area contributed by atoms with E-state index in [9.17, 15) is 9.18 Å². The quantitative estimate of drug-likeness (QED) is 0.851. The van der Waals surface area contributed by atoms with Gasteiger partial charge in [0.15, 0.2) is 0 Å². The molecule has 2 aromatic carbocycles. The third-order valence-corrected chi connectivity index (χ3v) is 3.03. The molecule has 0 bridgehead atoms. The highest BCUT2D eigenvalue weighted by Gasteiger charge is 2.26. The third kappa shape index (κ3) is 2.17. The van der Waals surface area contributed by atoms with Crippen LogP contribution in [-0.2, 0) is 4.79 Å². The highest BCUT2D eigenvalue weighted by molar-refractivity contribution is 5.97. The molecule has 0 fully saturated rings. The molecule has 0 saturated heterocycles. The number of hydrogen-bond donors (Lipinski definition) is 1. The average molecular weight is 257 g/mol. The number of ether oxygens (including phenoxy) is 1. The van der Waals surface area contributed by atoms with E-state index in [1.807, 2.05) is 37.3 Å². The van der Waals surface area contributed by atoms with Crippen LogP contribution in [0.5, 0.6) is 5.75 Å². The lowest BCUT2D eigenvalue weighted by molar-refractivity contribution is -0.130. The summed E-state index contributed by atoms with van der Waals surface area (Å²) in [6.45, 7) is 2.01. The fourth-order valence-electron chi connectivity index (χ4n) is 2.09. The lowest BCUT2D eigenvalue weighted by Crippen LogP contribution is -2.33. The van der Waals surface area contributed by atoms with Crippen molar-refractivity contribution in [1.82, 2.24) is 0 Å². The van der Waals surface area contributed by atoms with Crippen molar-refractivity contribution in [3.8, 4) is 16.9 Å². The Morgan fingerprint density at radius 3 is 2.74 bits per heavy atom. The largest absolute Gasteiger partial charge is 0.450 e. The van der Waals surface area contributed by atoms with Crippen molar-refractivity contribution in [3.63, 3.8) is 0 Å². The number of amides is 1. The van der Waals surface area contributed by atoms with Crippen molar-refractivity contribution in [1.29, 1.82) is 0 Å². The van der Waals surface area contributed by atoms with E-state index in [1.165, 1.54) is 0 Å². The van der Waals surface area contributed by atoms with Gasteiger partial charge in [0.05, 0.1) is 5.69 Å². The number of carbonyl (C=O) groups excluding carboxylic acids is 1. The number of fused-ring (bicyclic) bond motifs is 1. The molecule has 2 aromatic rings. The maximum atomic E-state index is 13.1. The van der Waals surface area contributed by atoms with E-state index >= 15 is 0 Å². The van der Waals surface area contributed by atoms with E-state index in [0.717, 1.165) is 16.7 Å². The van der Waals surface area contributed by atoms with Gasteiger partial charge in [0, 0.05) is 0 Å². The molecule has 19 heavy (non-hydrogen) atoms. The first-order chi connectivity index (χ1) is 9.13. The Morgan fingerprint density at radius 1 is 1.16 bits per heavy atom. The highest BCUT2D eigenvalue weighted by atomic mass is 19.1. The predicted octanol–water partition coefficient (Wildman–Crippen LogP) is 3.29. The van der Waals surface area contributed by atoms with Gasteiger partial charge in [-0.15, -0.1) is 0 Å². The van der Waals surface area contributed by atoms with Gasteiger partial charge in [-0.2, -0.15) is 4.39 Å². The van der Waals surface area contributed by atoms with Crippen molar-refractivity contribution in [3.05, 3.63) is 48.0 Å². The second kappa shape index (κ2) is 4.39. The molecule has 1 aliphatic rings. The Kier molecular flexibility index (Phi) is 2.71. The van der Waals surface area contributed by atoms with E-state index in [0.29, 0.717) is 11.4 Å². The number of rotatable bonds is 1. The van der Waals surface area contributed by atoms with Crippen LogP contribution in [0.3, 0.4) is 0 Å². The van der Waals surface area contributed by atoms with Crippen LogP contribution in [0.25, 0.3) is 11.1 Å². The monoisotopic (exact) mass is 257 g/mol. The minimum Gasteiger partial charge on any atom is -0.450 e. The molecule has 0 aromatic heterocycles. The molecular weight excluding hydrogens is 245 g/mol. The molecule has 0 radical (unpaired) electrons. The Balaban J connectivity index is 2.02. The molecule has 4 heteroatoms. The van der Waals surface area contributed by atoms with Crippen LogP contribution in [0.2, 0.25) is 0 Å². The van der Waals surface area contributed by atoms with Crippen LogP contribution in [0.1, 0.15) is 5.56 Å². The second-order valence-corrected chi connectivity index (χ2v) is 4.50. The van der Waals surface area contributed by atoms with Crippen molar-refractivity contribution >= 4 is 11.6 Å². The van der Waals surface area contributed by atoms with Crippen LogP contribution < -0.4 is 10.1 Å². The Hall–Kier alpha value is -2.36. The summed E-state index contributed by atoms with van der Waals surface area (Å²) in [6, 6.07) is 13.3. The topological polar surface area (TPSA) is 38.3 Å². The standard InChI is InChI=1S/C15H12FNO2/c1-9-3-2-4-10(7-9)11-5-6-13-12(8-11)17-15(18)14(16)19-13/h2-8,14H,1H3,(H,17,18). The lowest BCUT2D eigenvalue weighted by Gasteiger charge is -2.21. The van der Waals surface area contributed by atoms with E-state index in [1.54, 1.807) is 12.1 Å². The Bertz CT molecular complexity index is 654. The predicted molar refractivity (Wildman–Crippen MR) is 70.8 cm³/mol. The van der Waals surface area contributed by atoms with Gasteiger partial charge in [0.1, 0.15) is 5.75 Å². The maximum absolute atomic E-state index is 13.1. The van der Waals surface area contributed by atoms with Gasteiger partial charge < -0.3 is 10.1 Å². The van der Waals surface area contributed by atoms with Crippen molar-refractivity contribution in [2.24, 2.45) is 0 Å². The first-order valence-corrected chi connectivity index (χ1v) is 5.96. The molecule has 1 atom stereocenters. The average Bonchev–Trinajstić information content (AvgIpc) is 2.39. The molecule has 1 aliphatic heterocycles. The zero-order valence-electron chi connectivity index (χ0n) is 10.3. The highest BCUT2D eigenvalue weighted by Crippen LogP contribution is 2.34. The molecular formula is C15H12FNO2. The van der Waals surface area contributed by atoms with Gasteiger partial charge in [-0.1, -0.05) is 35.9 Å². The van der Waals surface area contributed by atoms with Crippen molar-refractivity contribution in [2.45, 2.75) is 13.3 Å². The van der Waals surface area contributed by atoms with Crippen molar-refractivity contribution < 1.29 is 13.9 Å². The van der Waals surface area contributed by atoms with Gasteiger partial charge in [0.2, 0.25) is 0 Å². The van der Waals surface area contributed by atoms with Crippen LogP contribution in [-0.4, -0.2) is 12.3 Å². The van der Waals surface area contributed by atoms with E-state index in [4.69, 9.17) is 4.74 Å². The number of aryl methyl sites for hydroxylation is 1. The second-order valence-electron chi connectivity index (χ2n) is 4.50. The summed E-state index contributed by atoms with van der Waals surface area (Å²) in [4.78, 5) is 11.2. The maximum Gasteiger partial charge on any atom is 0.317 e. The fourth-order valence-corrected chi connectivity index (χ4v) is 2.09. The molecule has 0 saturated carbocycles. The summed E-state index contributed by atoms with van der Waals surface area (Å²) in [6.07, 6.45) is -1.93. The molecule has 1 unspecified atom stereocenters. The molecule has 0 spiro atoms. The summed E-state index contributed by atoms with van der Waals surface area (Å²) in [5.74, 6) is -0.419. The Morgan fingerprint density at radius 2 is 1.95 bits per heavy atom. The summed E-state index contributed by atoms with van der Waals surface area (Å²) in [7, 11) is 0. The molecule has 1 heterocycles. The van der Waals surface area contributed by atoms with Gasteiger partial charge in [0.25, 0.3) is 5.91 Å². The van der Waals surface area contributed by atoms with Gasteiger partial charge >= 0.3 is 6.36 Å². The molecule has 0 aliphatic carbocycles. The van der Waals surface area contributed by atoms with E-state index in [2.05, 4.69) is 5.32 Å². The number of carbonyl (C=O) groups is 1. The number of anilines is 1. The van der Waals surface area contributed by atoms with Crippen molar-refractivity contribution in [2.75, 3.05) is 5.32 Å². The molecule has 3 nitrogen and oxygen atoms in total. The first kappa shape index (κ1) is 11.7. The number of halogens is 1. The van der Waals surface area contributed by atoms with Gasteiger partial charge in [-0.25, -0.2) is 0 Å². The molecule has 1 amide bonds. The van der Waals surface area contributed by atoms with E-state index in [-0.39, 0.29) is 0 Å². The third-order valence-electron chi connectivity index (χ3n) is 3.03. The number of hydrogen-bond acceptors (Lipinski definition) is 2. The van der Waals surface area contributed by atoms with Crippen LogP contribution >= 0.6 is 0 Å². The van der Waals surface area contributed by atoms with Gasteiger partial charge in [-0.05, 0) is 30.2 Å². The SMILES string of the molecule is Cc1cccc(-c2ccc3c(c2)NC(=O)C(F)O3)c1. The zero-order chi connectivity index (χ0) is 13.4. The Labute approximate surface area is 110 Å². The van der Waals surface area contributed by atoms with Crippen LogP contribution in [0, 0.1) is 6.92 Å². The number of nitrogens with one attached hydrogen (secondary N) is 1. The smallest absolute Gasteiger partial charge is 0.317 e. The lowest BCUT2D eigenvalue weighted by atomic mass is 10.0. The van der Waals surface area contributed by atoms with E-state index < -0.39 is 12.3 Å². The minimum absolute atomic E-state index is 0.350. The molecule has 3 rings (SSSR count). The van der Waals surface area contributed by atoms with Crippen LogP contribution in [0.15, 0.2) is 42.5 Å². The summed E-state index contributed by atoms with van der Waals surface area (Å²) >= 11 is 0. The van der Waals surface area contributed by atoms with Crippen LogP contribution in [0.4, 0.5) is 10.1 Å². The zero-order valence-corrected chi connectivity index (χ0v) is 10.3. The minimum atomic E-state index is -1.93. The summed E-state index contributed by atoms with van der Waals surface area (Å²) < 4.78 is 18.0. The normalized spacial score (nSPS) is 17.4. The first-order valence-electron chi connectivity index (χ1n) is 5.96. The van der Waals surface area contributed by atoms with Gasteiger partial charge in [-0.3, -0.25) is 4.79 Å². The summed E-state index contributed by atoms with van der Waals surface area (Å²) in [5, 5.41) is 2.50. The number of benzene rings is 2. The summed E-state index contributed by atoms with van der Waals surface area (Å²) in [5.41, 5.74) is 3.64. The fraction of sp³-hybridized carbons (Fsp3) is 0.133.